The maximum Gasteiger partial charge on any atom is 0.407 e. The van der Waals surface area contributed by atoms with Crippen LogP contribution in [0.3, 0.4) is 0 Å². The molecule has 7 amide bonds. The molecule has 0 aliphatic carbocycles. The van der Waals surface area contributed by atoms with Gasteiger partial charge in [0.1, 0.15) is 23.7 Å². The van der Waals surface area contributed by atoms with E-state index in [4.69, 9.17) is 15.2 Å². The van der Waals surface area contributed by atoms with Crippen molar-refractivity contribution in [1.29, 1.82) is 0 Å². The highest BCUT2D eigenvalue weighted by Crippen LogP contribution is 2.21. The van der Waals surface area contributed by atoms with Gasteiger partial charge in [-0.15, -0.1) is 0 Å². The van der Waals surface area contributed by atoms with Crippen molar-refractivity contribution in [3.8, 4) is 11.1 Å². The number of carboxylic acid groups (broad SMARTS) is 1. The molecule has 0 fully saturated rings. The normalized spacial score (nSPS) is 13.5. The molecule has 19 heteroatoms. The van der Waals surface area contributed by atoms with Gasteiger partial charge in [0.25, 0.3) is 11.8 Å². The minimum absolute atomic E-state index is 0.0253. The van der Waals surface area contributed by atoms with E-state index >= 15 is 0 Å². The lowest BCUT2D eigenvalue weighted by Crippen LogP contribution is -2.62. The van der Waals surface area contributed by atoms with E-state index < -0.39 is 89.9 Å². The molecule has 10 N–H and O–H groups in total. The second-order valence-electron chi connectivity index (χ2n) is 17.1. The first-order valence-electron chi connectivity index (χ1n) is 22.1. The molecule has 0 spiro atoms. The summed E-state index contributed by atoms with van der Waals surface area (Å²) in [5.74, 6) is -5.99. The summed E-state index contributed by atoms with van der Waals surface area (Å²) in [6, 6.07) is 11.1. The number of benzene rings is 2. The Morgan fingerprint density at radius 2 is 1.35 bits per heavy atom. The molecule has 2 aromatic rings. The zero-order valence-electron chi connectivity index (χ0n) is 39.0. The third-order valence-electron chi connectivity index (χ3n) is 9.74. The predicted octanol–water partition coefficient (Wildman–Crippen LogP) is 2.65. The van der Waals surface area contributed by atoms with Crippen molar-refractivity contribution in [2.75, 3.05) is 26.7 Å². The van der Waals surface area contributed by atoms with E-state index in [2.05, 4.69) is 68.4 Å². The Balaban J connectivity index is 2.18. The van der Waals surface area contributed by atoms with Gasteiger partial charge in [-0.3, -0.25) is 28.8 Å². The van der Waals surface area contributed by atoms with Gasteiger partial charge in [-0.05, 0) is 94.5 Å². The van der Waals surface area contributed by atoms with Crippen LogP contribution in [0.5, 0.6) is 0 Å². The van der Waals surface area contributed by atoms with Crippen molar-refractivity contribution in [3.63, 3.8) is 0 Å². The van der Waals surface area contributed by atoms with Crippen LogP contribution in [0.4, 0.5) is 4.79 Å². The summed E-state index contributed by atoms with van der Waals surface area (Å²) in [4.78, 5) is 102. The fourth-order valence-corrected chi connectivity index (χ4v) is 6.11. The Morgan fingerprint density at radius 1 is 0.723 bits per heavy atom. The summed E-state index contributed by atoms with van der Waals surface area (Å²) >= 11 is 0. The molecule has 0 aliphatic rings. The van der Waals surface area contributed by atoms with Gasteiger partial charge < -0.3 is 57.5 Å². The van der Waals surface area contributed by atoms with Crippen molar-refractivity contribution < 1.29 is 52.9 Å². The molecular weight excluding hydrogens is 841 g/mol. The highest BCUT2D eigenvalue weighted by atomic mass is 16.6. The van der Waals surface area contributed by atoms with Gasteiger partial charge in [0.05, 0.1) is 12.5 Å². The Bertz CT molecular complexity index is 1880. The zero-order valence-corrected chi connectivity index (χ0v) is 39.0. The summed E-state index contributed by atoms with van der Waals surface area (Å²) in [5.41, 5.74) is 8.86. The molecule has 0 radical (unpaired) electrons. The minimum Gasteiger partial charge on any atom is -0.480 e. The highest BCUT2D eigenvalue weighted by Gasteiger charge is 2.34. The number of rotatable bonds is 27. The smallest absolute Gasteiger partial charge is 0.407 e. The number of amides is 7. The van der Waals surface area contributed by atoms with Crippen molar-refractivity contribution >= 4 is 47.5 Å². The second kappa shape index (κ2) is 28.0. The number of carboxylic acids is 1. The van der Waals surface area contributed by atoms with E-state index in [-0.39, 0.29) is 38.5 Å². The molecule has 1 unspecified atom stereocenters. The lowest BCUT2D eigenvalue weighted by atomic mass is 10.0. The number of nitrogens with two attached hydrogens (primary N) is 1. The van der Waals surface area contributed by atoms with Crippen LogP contribution in [-0.4, -0.2) is 115 Å². The number of aryl methyl sites for hydroxylation is 1. The average molecular weight is 911 g/mol. The molecule has 0 aromatic heterocycles. The van der Waals surface area contributed by atoms with Crippen LogP contribution in [0.1, 0.15) is 109 Å². The Labute approximate surface area is 381 Å². The van der Waals surface area contributed by atoms with Crippen LogP contribution in [0.15, 0.2) is 48.5 Å². The lowest BCUT2D eigenvalue weighted by molar-refractivity contribution is -0.144. The summed E-state index contributed by atoms with van der Waals surface area (Å²) in [6.07, 6.45) is -0.179. The standard InChI is InChI=1S/C46H70N8O11/c1-9-10-13-30-15-17-31(18-16-30)32-19-21-33(22-20-32)40(57)49-25-23-36(55)51-34(14-11-12-24-50-45(63)65-46(5,6)7)41(58)53-38(29(4)64-27-28(2)3)42(59)54-39(47)43(60)52-35(44(61)62)26-37(56)48-8/h15-22,28-29,34-35,38-39H,9-14,23-27,47H2,1-8H3,(H,48,56)(H,49,57)(H,50,63)(H,51,55)(H,52,60)(H,53,58)(H,54,59)(H,61,62)/t29-,34+,35?,38+,39-/m1/s1. The monoisotopic (exact) mass is 911 g/mol. The SMILES string of the molecule is CCCCc1ccc(-c2ccc(C(=O)NCCC(=O)N[C@@H](CCCCNC(=O)OC(C)(C)C)C(=O)N[C@H](C(=O)N[C@@H](N)C(=O)NC(CC(=O)NC)C(=O)O)[C@@H](C)OCC(C)C)cc2)cc1. The number of hydrogen-bond donors (Lipinski definition) is 9. The van der Waals surface area contributed by atoms with E-state index in [1.54, 1.807) is 32.9 Å². The topological polar surface area (TPSA) is 285 Å². The van der Waals surface area contributed by atoms with Crippen LogP contribution in [0.2, 0.25) is 0 Å². The number of carbonyl (C=O) groups excluding carboxylic acids is 7. The maximum absolute atomic E-state index is 14.0. The number of hydrogen-bond acceptors (Lipinski definition) is 11. The quantitative estimate of drug-likeness (QED) is 0.0462. The number of ether oxygens (including phenoxy) is 2. The second-order valence-corrected chi connectivity index (χ2v) is 17.1. The number of nitrogens with one attached hydrogen (secondary N) is 7. The molecule has 360 valence electrons. The fraction of sp³-hybridized carbons (Fsp3) is 0.565. The van der Waals surface area contributed by atoms with Gasteiger partial charge in [-0.2, -0.15) is 0 Å². The fourth-order valence-electron chi connectivity index (χ4n) is 6.11. The van der Waals surface area contributed by atoms with E-state index in [1.165, 1.54) is 19.5 Å². The molecule has 19 nitrogen and oxygen atoms in total. The minimum atomic E-state index is -1.81. The van der Waals surface area contributed by atoms with Crippen LogP contribution < -0.4 is 43.0 Å². The van der Waals surface area contributed by atoms with Gasteiger partial charge in [0, 0.05) is 38.7 Å². The largest absolute Gasteiger partial charge is 0.480 e. The number of alkyl carbamates (subject to hydrolysis) is 1. The van der Waals surface area contributed by atoms with Gasteiger partial charge in [-0.25, -0.2) is 9.59 Å². The molecule has 0 saturated heterocycles. The first-order chi connectivity index (χ1) is 30.6. The van der Waals surface area contributed by atoms with Crippen LogP contribution >= 0.6 is 0 Å². The molecule has 0 aliphatic heterocycles. The summed E-state index contributed by atoms with van der Waals surface area (Å²) < 4.78 is 11.1. The van der Waals surface area contributed by atoms with Gasteiger partial charge in [-0.1, -0.05) is 63.6 Å². The van der Waals surface area contributed by atoms with Crippen molar-refractivity contribution in [2.45, 2.75) is 136 Å². The number of aliphatic carboxylic acids is 1. The van der Waals surface area contributed by atoms with Gasteiger partial charge in [0.2, 0.25) is 23.6 Å². The van der Waals surface area contributed by atoms with E-state index in [0.29, 0.717) is 18.4 Å². The third kappa shape index (κ3) is 21.4. The van der Waals surface area contributed by atoms with E-state index in [0.717, 1.165) is 30.4 Å². The number of carbonyl (C=O) groups is 8. The summed E-state index contributed by atoms with van der Waals surface area (Å²) in [5, 5.41) is 26.8. The third-order valence-corrected chi connectivity index (χ3v) is 9.74. The van der Waals surface area contributed by atoms with Crippen molar-refractivity contribution in [3.05, 3.63) is 59.7 Å². The molecule has 0 heterocycles. The maximum atomic E-state index is 14.0. The first kappa shape index (κ1) is 55.1. The summed E-state index contributed by atoms with van der Waals surface area (Å²) in [6.45, 7) is 12.9. The van der Waals surface area contributed by atoms with Gasteiger partial charge >= 0.3 is 12.1 Å². The van der Waals surface area contributed by atoms with Crippen LogP contribution in [0, 0.1) is 5.92 Å². The van der Waals surface area contributed by atoms with Crippen LogP contribution in [0.25, 0.3) is 11.1 Å². The Kier molecular flexibility index (Phi) is 23.7. The highest BCUT2D eigenvalue weighted by molar-refractivity contribution is 5.96. The molecular formula is C46H70N8O11. The zero-order chi connectivity index (χ0) is 48.7. The van der Waals surface area contributed by atoms with Crippen molar-refractivity contribution in [2.24, 2.45) is 11.7 Å². The molecule has 0 bridgehead atoms. The molecule has 2 aromatic carbocycles. The van der Waals surface area contributed by atoms with E-state index in [9.17, 15) is 43.5 Å². The molecule has 5 atom stereocenters. The average Bonchev–Trinajstić information content (AvgIpc) is 3.25. The Hall–Kier alpha value is -6.08. The molecule has 65 heavy (non-hydrogen) atoms. The number of unbranched alkanes of at least 4 members (excludes halogenated alkanes) is 2. The van der Waals surface area contributed by atoms with Gasteiger partial charge in [0.15, 0.2) is 6.17 Å². The first-order valence-corrected chi connectivity index (χ1v) is 22.1. The molecule has 0 saturated carbocycles. The van der Waals surface area contributed by atoms with E-state index in [1.807, 2.05) is 26.0 Å². The summed E-state index contributed by atoms with van der Waals surface area (Å²) in [7, 11) is 1.29. The Morgan fingerprint density at radius 3 is 1.92 bits per heavy atom. The lowest BCUT2D eigenvalue weighted by Gasteiger charge is -2.28. The van der Waals surface area contributed by atoms with Crippen molar-refractivity contribution in [1.82, 2.24) is 37.2 Å². The molecule has 2 rings (SSSR count). The van der Waals surface area contributed by atoms with Crippen LogP contribution in [-0.2, 0) is 44.7 Å². The predicted molar refractivity (Wildman–Crippen MR) is 244 cm³/mol.